The Kier molecular flexibility index (Phi) is 5.28. The van der Waals surface area contributed by atoms with E-state index in [1.807, 2.05) is 6.07 Å². The maximum absolute atomic E-state index is 12.1. The quantitative estimate of drug-likeness (QED) is 0.810. The first kappa shape index (κ1) is 16.6. The van der Waals surface area contributed by atoms with Crippen LogP contribution in [-0.2, 0) is 14.6 Å². The van der Waals surface area contributed by atoms with Crippen LogP contribution in [-0.4, -0.2) is 57.5 Å². The summed E-state index contributed by atoms with van der Waals surface area (Å²) in [7, 11) is -1.48. The lowest BCUT2D eigenvalue weighted by Crippen LogP contribution is -2.44. The minimum absolute atomic E-state index is 0.0794. The first-order chi connectivity index (χ1) is 10.4. The number of sulfone groups is 1. The zero-order valence-corrected chi connectivity index (χ0v) is 13.6. The van der Waals surface area contributed by atoms with Crippen LogP contribution in [0.1, 0.15) is 12.8 Å². The molecule has 22 heavy (non-hydrogen) atoms. The number of amides is 1. The number of nitrogens with zero attached hydrogens (tertiary/aromatic N) is 1. The fraction of sp³-hybridized carbons (Fsp3) is 0.533. The molecule has 1 aliphatic rings. The lowest BCUT2D eigenvalue weighted by molar-refractivity contribution is -0.134. The zero-order chi connectivity index (χ0) is 16.2. The molecule has 6 nitrogen and oxygen atoms in total. The van der Waals surface area contributed by atoms with Crippen molar-refractivity contribution in [1.29, 1.82) is 0 Å². The molecular weight excluding hydrogens is 306 g/mol. The summed E-state index contributed by atoms with van der Waals surface area (Å²) in [4.78, 5) is 13.8. The molecule has 0 aromatic heterocycles. The first-order valence-corrected chi connectivity index (χ1v) is 9.09. The van der Waals surface area contributed by atoms with Crippen LogP contribution in [0.5, 0.6) is 11.5 Å². The van der Waals surface area contributed by atoms with E-state index in [0.29, 0.717) is 37.4 Å². The van der Waals surface area contributed by atoms with Crippen molar-refractivity contribution in [2.75, 3.05) is 33.1 Å². The Morgan fingerprint density at radius 2 is 1.82 bits per heavy atom. The van der Waals surface area contributed by atoms with Crippen molar-refractivity contribution in [1.82, 2.24) is 4.90 Å². The molecule has 0 aliphatic carbocycles. The van der Waals surface area contributed by atoms with Gasteiger partial charge in [0, 0.05) is 19.3 Å². The van der Waals surface area contributed by atoms with E-state index < -0.39 is 9.84 Å². The molecule has 1 aliphatic heterocycles. The SMILES string of the molecule is COc1ccccc1OCC(=O)N1CCC(S(C)(=O)=O)CC1. The van der Waals surface area contributed by atoms with Crippen molar-refractivity contribution in [3.8, 4) is 11.5 Å². The molecule has 0 N–H and O–H groups in total. The summed E-state index contributed by atoms with van der Waals surface area (Å²) in [5, 5.41) is -0.341. The maximum atomic E-state index is 12.1. The second kappa shape index (κ2) is 7.00. The third-order valence-electron chi connectivity index (χ3n) is 3.82. The van der Waals surface area contributed by atoms with E-state index >= 15 is 0 Å². The Morgan fingerprint density at radius 3 is 2.36 bits per heavy atom. The second-order valence-corrected chi connectivity index (χ2v) is 7.67. The van der Waals surface area contributed by atoms with E-state index in [9.17, 15) is 13.2 Å². The Balaban J connectivity index is 1.86. The van der Waals surface area contributed by atoms with E-state index in [4.69, 9.17) is 9.47 Å². The van der Waals surface area contributed by atoms with E-state index in [-0.39, 0.29) is 17.8 Å². The summed E-state index contributed by atoms with van der Waals surface area (Å²) in [5.74, 6) is 0.952. The number of carbonyl (C=O) groups is 1. The molecule has 1 heterocycles. The monoisotopic (exact) mass is 327 g/mol. The Morgan fingerprint density at radius 1 is 1.23 bits per heavy atom. The van der Waals surface area contributed by atoms with Gasteiger partial charge in [-0.1, -0.05) is 12.1 Å². The Bertz CT molecular complexity index is 621. The number of rotatable bonds is 5. The summed E-state index contributed by atoms with van der Waals surface area (Å²) in [5.41, 5.74) is 0. The van der Waals surface area contributed by atoms with Crippen molar-refractivity contribution in [2.45, 2.75) is 18.1 Å². The van der Waals surface area contributed by atoms with Crippen LogP contribution in [0.25, 0.3) is 0 Å². The molecular formula is C15H21NO5S. The fourth-order valence-corrected chi connectivity index (χ4v) is 3.57. The maximum Gasteiger partial charge on any atom is 0.260 e. The molecule has 0 saturated carbocycles. The molecule has 1 saturated heterocycles. The second-order valence-electron chi connectivity index (χ2n) is 5.35. The van der Waals surface area contributed by atoms with Gasteiger partial charge < -0.3 is 14.4 Å². The van der Waals surface area contributed by atoms with Crippen LogP contribution < -0.4 is 9.47 Å². The molecule has 2 rings (SSSR count). The fourth-order valence-electron chi connectivity index (χ4n) is 2.50. The summed E-state index contributed by atoms with van der Waals surface area (Å²) >= 11 is 0. The van der Waals surface area contributed by atoms with Gasteiger partial charge in [0.2, 0.25) is 0 Å². The van der Waals surface area contributed by atoms with Crippen molar-refractivity contribution in [3.05, 3.63) is 24.3 Å². The summed E-state index contributed by atoms with van der Waals surface area (Å²) in [6.07, 6.45) is 2.22. The van der Waals surface area contributed by atoms with Crippen molar-refractivity contribution in [3.63, 3.8) is 0 Å². The van der Waals surface area contributed by atoms with Gasteiger partial charge in [0.15, 0.2) is 18.1 Å². The number of likely N-dealkylation sites (tertiary alicyclic amines) is 1. The largest absolute Gasteiger partial charge is 0.493 e. The number of benzene rings is 1. The van der Waals surface area contributed by atoms with Crippen LogP contribution in [0, 0.1) is 0 Å². The topological polar surface area (TPSA) is 72.9 Å². The van der Waals surface area contributed by atoms with Crippen LogP contribution in [0.4, 0.5) is 0 Å². The van der Waals surface area contributed by atoms with Crippen molar-refractivity contribution in [2.24, 2.45) is 0 Å². The molecule has 7 heteroatoms. The lowest BCUT2D eigenvalue weighted by Gasteiger charge is -2.31. The van der Waals surface area contributed by atoms with Crippen LogP contribution in [0.2, 0.25) is 0 Å². The highest BCUT2D eigenvalue weighted by Crippen LogP contribution is 2.26. The van der Waals surface area contributed by atoms with Crippen LogP contribution in [0.3, 0.4) is 0 Å². The molecule has 1 fully saturated rings. The number of piperidine rings is 1. The predicted molar refractivity (Wildman–Crippen MR) is 82.9 cm³/mol. The predicted octanol–water partition coefficient (Wildman–Crippen LogP) is 1.11. The number of methoxy groups -OCH3 is 1. The summed E-state index contributed by atoms with van der Waals surface area (Å²) in [6.45, 7) is 0.821. The third-order valence-corrected chi connectivity index (χ3v) is 5.50. The molecule has 1 amide bonds. The van der Waals surface area contributed by atoms with Gasteiger partial charge >= 0.3 is 0 Å². The highest BCUT2D eigenvalue weighted by Gasteiger charge is 2.28. The van der Waals surface area contributed by atoms with Gasteiger partial charge in [-0.15, -0.1) is 0 Å². The molecule has 0 radical (unpaired) electrons. The van der Waals surface area contributed by atoms with Crippen LogP contribution >= 0.6 is 0 Å². The molecule has 0 spiro atoms. The van der Waals surface area contributed by atoms with Gasteiger partial charge in [0.25, 0.3) is 5.91 Å². The van der Waals surface area contributed by atoms with Crippen molar-refractivity contribution >= 4 is 15.7 Å². The van der Waals surface area contributed by atoms with Crippen LogP contribution in [0.15, 0.2) is 24.3 Å². The van der Waals surface area contributed by atoms with Gasteiger partial charge in [-0.3, -0.25) is 4.79 Å². The number of carbonyl (C=O) groups excluding carboxylic acids is 1. The average Bonchev–Trinajstić information content (AvgIpc) is 2.52. The molecule has 0 atom stereocenters. The van der Waals surface area contributed by atoms with E-state index in [0.717, 1.165) is 0 Å². The number of hydrogen-bond donors (Lipinski definition) is 0. The smallest absolute Gasteiger partial charge is 0.260 e. The van der Waals surface area contributed by atoms with E-state index in [2.05, 4.69) is 0 Å². The average molecular weight is 327 g/mol. The molecule has 1 aromatic carbocycles. The van der Waals surface area contributed by atoms with Gasteiger partial charge in [-0.05, 0) is 25.0 Å². The highest BCUT2D eigenvalue weighted by atomic mass is 32.2. The first-order valence-electron chi connectivity index (χ1n) is 7.14. The normalized spacial score (nSPS) is 16.4. The Hall–Kier alpha value is -1.76. The zero-order valence-electron chi connectivity index (χ0n) is 12.8. The molecule has 1 aromatic rings. The summed E-state index contributed by atoms with van der Waals surface area (Å²) in [6, 6.07) is 7.13. The van der Waals surface area contributed by atoms with Gasteiger partial charge in [0.1, 0.15) is 9.84 Å². The minimum Gasteiger partial charge on any atom is -0.493 e. The van der Waals surface area contributed by atoms with Crippen molar-refractivity contribution < 1.29 is 22.7 Å². The number of para-hydroxylation sites is 2. The van der Waals surface area contributed by atoms with Gasteiger partial charge in [-0.2, -0.15) is 0 Å². The van der Waals surface area contributed by atoms with E-state index in [1.54, 1.807) is 30.2 Å². The standard InChI is InChI=1S/C15H21NO5S/c1-20-13-5-3-4-6-14(13)21-11-15(17)16-9-7-12(8-10-16)22(2,18)19/h3-6,12H,7-11H2,1-2H3. The van der Waals surface area contributed by atoms with Gasteiger partial charge in [-0.25, -0.2) is 8.42 Å². The summed E-state index contributed by atoms with van der Waals surface area (Å²) < 4.78 is 33.7. The third kappa shape index (κ3) is 4.13. The molecule has 122 valence electrons. The van der Waals surface area contributed by atoms with Gasteiger partial charge in [0.05, 0.1) is 12.4 Å². The minimum atomic E-state index is -3.03. The highest BCUT2D eigenvalue weighted by molar-refractivity contribution is 7.91. The Labute approximate surface area is 130 Å². The number of ether oxygens (including phenoxy) is 2. The molecule has 0 bridgehead atoms. The molecule has 0 unspecified atom stereocenters. The number of hydrogen-bond acceptors (Lipinski definition) is 5. The van der Waals surface area contributed by atoms with E-state index in [1.165, 1.54) is 6.26 Å². The lowest BCUT2D eigenvalue weighted by atomic mass is 10.1.